The van der Waals surface area contributed by atoms with Crippen LogP contribution < -0.4 is 4.74 Å². The first-order valence-electron chi connectivity index (χ1n) is 15.5. The Labute approximate surface area is 287 Å². The van der Waals surface area contributed by atoms with Gasteiger partial charge >= 0.3 is 18.4 Å². The van der Waals surface area contributed by atoms with Gasteiger partial charge in [0.15, 0.2) is 5.52 Å². The second kappa shape index (κ2) is 13.2. The van der Waals surface area contributed by atoms with Gasteiger partial charge in [0.2, 0.25) is 5.88 Å². The van der Waals surface area contributed by atoms with Crippen LogP contribution in [0.1, 0.15) is 62.6 Å². The second-order valence-electron chi connectivity index (χ2n) is 12.3. The molecular formula is C35H28F8N3O4P. The zero-order valence-electron chi connectivity index (χ0n) is 27.0. The number of aromatic nitrogens is 2. The van der Waals surface area contributed by atoms with Gasteiger partial charge in [-0.3, -0.25) is 14.7 Å². The summed E-state index contributed by atoms with van der Waals surface area (Å²) in [5.74, 6) is 0.0333. The molecular weight excluding hydrogens is 709 g/mol. The minimum absolute atomic E-state index is 0.0333. The molecule has 4 heterocycles. The average molecular weight is 738 g/mol. The molecule has 16 heteroatoms. The smallest absolute Gasteiger partial charge is 0.417 e. The van der Waals surface area contributed by atoms with E-state index in [1.165, 1.54) is 30.3 Å². The number of methoxy groups -OCH3 is 1. The number of carbonyl (C=O) groups is 2. The molecule has 1 unspecified atom stereocenters. The molecule has 2 aromatic carbocycles. The maximum absolute atomic E-state index is 15.1. The molecule has 51 heavy (non-hydrogen) atoms. The van der Waals surface area contributed by atoms with E-state index in [-0.39, 0.29) is 40.9 Å². The first kappa shape index (κ1) is 36.2. The number of fused-ring (bicyclic) bond motifs is 1. The fraction of sp³-hybridized carbons (Fsp3) is 0.314. The quantitative estimate of drug-likeness (QED) is 0.132. The predicted molar refractivity (Wildman–Crippen MR) is 171 cm³/mol. The lowest BCUT2D eigenvalue weighted by molar-refractivity contribution is -0.138. The molecule has 0 spiro atoms. The molecule has 0 radical (unpaired) electrons. The SMILES string of the molecule is COc1ncc(-c2c(C)cc(C(=O)PC(F)(F)c3cccc(C(F)(F)F)c3)cc2C)cc1-c1ncc(C(F)(F)F)cc1[C@@H]1CC[C@H]2COC(=O)N21. The number of alkyl halides is 8. The van der Waals surface area contributed by atoms with Crippen molar-refractivity contribution in [2.45, 2.75) is 56.8 Å². The highest BCUT2D eigenvalue weighted by atomic mass is 31.1. The van der Waals surface area contributed by atoms with Crippen LogP contribution in [0.25, 0.3) is 22.4 Å². The van der Waals surface area contributed by atoms with Crippen LogP contribution in [0, 0.1) is 13.8 Å². The summed E-state index contributed by atoms with van der Waals surface area (Å²) < 4.78 is 122. The molecule has 0 N–H and O–H groups in total. The van der Waals surface area contributed by atoms with Gasteiger partial charge in [-0.1, -0.05) is 12.1 Å². The molecule has 2 saturated heterocycles. The molecule has 3 atom stereocenters. The zero-order valence-corrected chi connectivity index (χ0v) is 28.0. The highest BCUT2D eigenvalue weighted by Gasteiger charge is 2.46. The molecule has 7 nitrogen and oxygen atoms in total. The Hall–Kier alpha value is -4.65. The number of ether oxygens (including phenoxy) is 2. The van der Waals surface area contributed by atoms with Gasteiger partial charge in [-0.15, -0.1) is 0 Å². The van der Waals surface area contributed by atoms with Crippen LogP contribution in [0.15, 0.2) is 60.9 Å². The molecule has 2 aliphatic heterocycles. The minimum atomic E-state index is -4.84. The molecule has 268 valence electrons. The van der Waals surface area contributed by atoms with Crippen molar-refractivity contribution in [3.05, 3.63) is 99.9 Å². The Bertz CT molecular complexity index is 2010. The summed E-state index contributed by atoms with van der Waals surface area (Å²) in [6.07, 6.45) is -7.20. The Morgan fingerprint density at radius 1 is 0.882 bits per heavy atom. The van der Waals surface area contributed by atoms with E-state index >= 15 is 8.78 Å². The lowest BCUT2D eigenvalue weighted by atomic mass is 9.92. The van der Waals surface area contributed by atoms with Gasteiger partial charge in [0.25, 0.3) is 5.66 Å². The minimum Gasteiger partial charge on any atom is -0.481 e. The van der Waals surface area contributed by atoms with Crippen LogP contribution in [0.5, 0.6) is 5.88 Å². The highest BCUT2D eigenvalue weighted by molar-refractivity contribution is 7.59. The first-order valence-corrected chi connectivity index (χ1v) is 16.5. The van der Waals surface area contributed by atoms with Gasteiger partial charge in [0, 0.05) is 43.2 Å². The largest absolute Gasteiger partial charge is 0.481 e. The van der Waals surface area contributed by atoms with Crippen LogP contribution in [-0.2, 0) is 22.8 Å². The van der Waals surface area contributed by atoms with Crippen LogP contribution in [0.4, 0.5) is 39.9 Å². The van der Waals surface area contributed by atoms with Crippen LogP contribution in [0.3, 0.4) is 0 Å². The molecule has 2 fully saturated rings. The highest BCUT2D eigenvalue weighted by Crippen LogP contribution is 2.49. The number of carbonyl (C=O) groups excluding carboxylic acids is 2. The van der Waals surface area contributed by atoms with Crippen LogP contribution in [0.2, 0.25) is 0 Å². The number of rotatable bonds is 8. The van der Waals surface area contributed by atoms with Crippen molar-refractivity contribution < 1.29 is 54.2 Å². The van der Waals surface area contributed by atoms with E-state index < -0.39 is 60.9 Å². The number of benzene rings is 2. The number of halogens is 8. The topological polar surface area (TPSA) is 81.6 Å². The Morgan fingerprint density at radius 2 is 1.55 bits per heavy atom. The number of hydrogen-bond acceptors (Lipinski definition) is 6. The van der Waals surface area contributed by atoms with E-state index in [4.69, 9.17) is 9.47 Å². The van der Waals surface area contributed by atoms with E-state index in [0.29, 0.717) is 53.4 Å². The molecule has 0 saturated carbocycles. The van der Waals surface area contributed by atoms with Crippen molar-refractivity contribution in [3.63, 3.8) is 0 Å². The molecule has 4 aromatic rings. The van der Waals surface area contributed by atoms with Gasteiger partial charge in [-0.05, 0) is 79.8 Å². The number of cyclic esters (lactones) is 1. The summed E-state index contributed by atoms with van der Waals surface area (Å²) in [5, 5.41) is 0. The summed E-state index contributed by atoms with van der Waals surface area (Å²) >= 11 is 0. The average Bonchev–Trinajstić information content (AvgIpc) is 3.65. The van der Waals surface area contributed by atoms with Gasteiger partial charge in [0.05, 0.1) is 41.6 Å². The lowest BCUT2D eigenvalue weighted by Crippen LogP contribution is -2.30. The van der Waals surface area contributed by atoms with Crippen molar-refractivity contribution in [2.75, 3.05) is 13.7 Å². The van der Waals surface area contributed by atoms with Gasteiger partial charge in [-0.2, -0.15) is 35.1 Å². The van der Waals surface area contributed by atoms with Crippen molar-refractivity contribution in [1.29, 1.82) is 0 Å². The van der Waals surface area contributed by atoms with Crippen molar-refractivity contribution in [1.82, 2.24) is 14.9 Å². The normalized spacial score (nSPS) is 18.0. The Kier molecular flexibility index (Phi) is 9.32. The molecule has 6 rings (SSSR count). The monoisotopic (exact) mass is 737 g/mol. The van der Waals surface area contributed by atoms with E-state index in [1.807, 2.05) is 0 Å². The summed E-state index contributed by atoms with van der Waals surface area (Å²) in [4.78, 5) is 35.7. The standard InChI is InChI=1S/C35H28F8N3O4P/c1-17-9-19(31(47)51-35(42,43)22-6-4-5-21(12-22)33(36,37)38)10-18(2)28(17)20-11-26(30(49-3)45-14-20)29-25(13-23(15-44-29)34(39,40)41)27-8-7-24-16-50-32(48)46(24)27/h4-6,9-15,24,27,51H,7-8,16H2,1-3H3/t24-,27-/m0/s1. The third kappa shape index (κ3) is 7.00. The Morgan fingerprint density at radius 3 is 2.20 bits per heavy atom. The number of pyridine rings is 2. The van der Waals surface area contributed by atoms with Crippen LogP contribution in [-0.4, -0.2) is 46.2 Å². The zero-order chi connectivity index (χ0) is 37.0. The maximum Gasteiger partial charge on any atom is 0.417 e. The van der Waals surface area contributed by atoms with Gasteiger partial charge in [0.1, 0.15) is 6.61 Å². The Balaban J connectivity index is 1.37. The molecule has 2 aromatic heterocycles. The summed E-state index contributed by atoms with van der Waals surface area (Å²) in [7, 11) is -0.374. The van der Waals surface area contributed by atoms with Crippen LogP contribution >= 0.6 is 8.58 Å². The third-order valence-electron chi connectivity index (χ3n) is 8.92. The first-order chi connectivity index (χ1) is 23.9. The van der Waals surface area contributed by atoms with E-state index in [2.05, 4.69) is 9.97 Å². The molecule has 0 bridgehead atoms. The fourth-order valence-electron chi connectivity index (χ4n) is 6.64. The van der Waals surface area contributed by atoms with E-state index in [1.54, 1.807) is 19.9 Å². The number of nitrogens with zero attached hydrogens (tertiary/aromatic N) is 3. The van der Waals surface area contributed by atoms with Crippen molar-refractivity contribution in [3.8, 4) is 28.3 Å². The van der Waals surface area contributed by atoms with Gasteiger partial charge < -0.3 is 9.47 Å². The summed E-state index contributed by atoms with van der Waals surface area (Å²) in [5.41, 5.74) is -5.79. The molecule has 0 aliphatic carbocycles. The predicted octanol–water partition coefficient (Wildman–Crippen LogP) is 9.70. The fourth-order valence-corrected chi connectivity index (χ4v) is 7.51. The summed E-state index contributed by atoms with van der Waals surface area (Å²) in [6, 6.07) is 6.92. The van der Waals surface area contributed by atoms with Crippen molar-refractivity contribution in [2.24, 2.45) is 0 Å². The lowest BCUT2D eigenvalue weighted by Gasteiger charge is -2.25. The van der Waals surface area contributed by atoms with E-state index in [9.17, 15) is 35.9 Å². The van der Waals surface area contributed by atoms with Crippen molar-refractivity contribution >= 4 is 20.2 Å². The molecule has 1 amide bonds. The maximum atomic E-state index is 15.1. The van der Waals surface area contributed by atoms with E-state index in [0.717, 1.165) is 18.2 Å². The third-order valence-corrected chi connectivity index (χ3v) is 10.0. The second-order valence-corrected chi connectivity index (χ2v) is 13.6. The van der Waals surface area contributed by atoms with Gasteiger partial charge in [-0.25, -0.2) is 9.78 Å². The number of aryl methyl sites for hydroxylation is 2. The summed E-state index contributed by atoms with van der Waals surface area (Å²) in [6.45, 7) is 3.37. The molecule has 2 aliphatic rings. The number of hydrogen-bond donors (Lipinski definition) is 0. The number of amides is 1.